The molecule has 3 nitrogen and oxygen atoms in total. The second-order valence-corrected chi connectivity index (χ2v) is 4.72. The van der Waals surface area contributed by atoms with Gasteiger partial charge in [-0.1, -0.05) is 24.6 Å². The van der Waals surface area contributed by atoms with Crippen LogP contribution in [0.15, 0.2) is 24.4 Å². The number of fused-ring (bicyclic) bond motifs is 1. The van der Waals surface area contributed by atoms with Crippen molar-refractivity contribution in [2.24, 2.45) is 13.0 Å². The van der Waals surface area contributed by atoms with Gasteiger partial charge in [-0.25, -0.2) is 0 Å². The molecule has 0 aliphatic heterocycles. The Bertz CT molecular complexity index is 574. The number of hydrogen-bond donors (Lipinski definition) is 1. The highest BCUT2D eigenvalue weighted by Crippen LogP contribution is 2.29. The first-order chi connectivity index (χ1) is 8.00. The van der Waals surface area contributed by atoms with Gasteiger partial charge in [0.05, 0.1) is 10.9 Å². The number of hydrogen-bond acceptors (Lipinski definition) is 1. The van der Waals surface area contributed by atoms with Crippen molar-refractivity contribution in [1.82, 2.24) is 4.57 Å². The number of aryl methyl sites for hydroxylation is 1. The highest BCUT2D eigenvalue weighted by atomic mass is 35.5. The molecule has 4 heteroatoms. The van der Waals surface area contributed by atoms with Gasteiger partial charge in [0.25, 0.3) is 0 Å². The van der Waals surface area contributed by atoms with E-state index in [1.54, 1.807) is 6.92 Å². The molecule has 0 fully saturated rings. The number of rotatable bonds is 3. The first-order valence-electron chi connectivity index (χ1n) is 5.46. The topological polar surface area (TPSA) is 42.2 Å². The average Bonchev–Trinajstić information content (AvgIpc) is 2.65. The van der Waals surface area contributed by atoms with E-state index in [1.165, 1.54) is 0 Å². The minimum absolute atomic E-state index is 0.423. The molecule has 1 aromatic heterocycles. The fourth-order valence-corrected chi connectivity index (χ4v) is 2.24. The Morgan fingerprint density at radius 2 is 2.18 bits per heavy atom. The van der Waals surface area contributed by atoms with Crippen LogP contribution in [0.3, 0.4) is 0 Å². The Kier molecular flexibility index (Phi) is 3.11. The summed E-state index contributed by atoms with van der Waals surface area (Å²) < 4.78 is 1.99. The summed E-state index contributed by atoms with van der Waals surface area (Å²) in [5.74, 6) is -1.22. The van der Waals surface area contributed by atoms with E-state index in [-0.39, 0.29) is 0 Å². The summed E-state index contributed by atoms with van der Waals surface area (Å²) in [5, 5.41) is 10.5. The fourth-order valence-electron chi connectivity index (χ4n) is 1.94. The van der Waals surface area contributed by atoms with Crippen molar-refractivity contribution in [3.05, 3.63) is 35.0 Å². The maximum absolute atomic E-state index is 10.8. The number of carbonyl (C=O) groups is 1. The van der Waals surface area contributed by atoms with Crippen LogP contribution in [0.25, 0.3) is 10.9 Å². The maximum atomic E-state index is 10.8. The summed E-state index contributed by atoms with van der Waals surface area (Å²) in [5.41, 5.74) is 1.95. The van der Waals surface area contributed by atoms with E-state index in [0.717, 1.165) is 16.5 Å². The molecular formula is C13H14ClNO2. The van der Waals surface area contributed by atoms with Gasteiger partial charge in [0.15, 0.2) is 0 Å². The summed E-state index contributed by atoms with van der Waals surface area (Å²) >= 11 is 6.30. The van der Waals surface area contributed by atoms with Gasteiger partial charge in [-0.15, -0.1) is 0 Å². The molecule has 17 heavy (non-hydrogen) atoms. The zero-order valence-corrected chi connectivity index (χ0v) is 10.5. The Balaban J connectivity index is 2.42. The van der Waals surface area contributed by atoms with Crippen LogP contribution >= 0.6 is 11.6 Å². The summed E-state index contributed by atoms with van der Waals surface area (Å²) in [4.78, 5) is 10.8. The molecule has 0 spiro atoms. The quantitative estimate of drug-likeness (QED) is 0.911. The zero-order chi connectivity index (χ0) is 12.6. The largest absolute Gasteiger partial charge is 0.481 e. The molecule has 2 aromatic rings. The van der Waals surface area contributed by atoms with E-state index in [2.05, 4.69) is 0 Å². The Hall–Kier alpha value is -1.48. The fraction of sp³-hybridized carbons (Fsp3) is 0.308. The predicted molar refractivity (Wildman–Crippen MR) is 68.4 cm³/mol. The van der Waals surface area contributed by atoms with Gasteiger partial charge in [-0.3, -0.25) is 4.79 Å². The second kappa shape index (κ2) is 4.41. The molecule has 1 heterocycles. The third kappa shape index (κ3) is 2.15. The smallest absolute Gasteiger partial charge is 0.306 e. The molecule has 0 aliphatic rings. The Labute approximate surface area is 105 Å². The van der Waals surface area contributed by atoms with Gasteiger partial charge in [0, 0.05) is 24.1 Å². The minimum atomic E-state index is -0.797. The first-order valence-corrected chi connectivity index (χ1v) is 5.83. The number of benzene rings is 1. The van der Waals surface area contributed by atoms with Gasteiger partial charge < -0.3 is 9.67 Å². The summed E-state index contributed by atoms with van der Waals surface area (Å²) in [7, 11) is 1.96. The number of nitrogens with zero attached hydrogens (tertiary/aromatic N) is 1. The third-order valence-electron chi connectivity index (χ3n) is 3.03. The van der Waals surface area contributed by atoms with Crippen LogP contribution in [0.1, 0.15) is 12.5 Å². The first kappa shape index (κ1) is 12.0. The van der Waals surface area contributed by atoms with Crippen LogP contribution in [-0.2, 0) is 18.3 Å². The maximum Gasteiger partial charge on any atom is 0.306 e. The van der Waals surface area contributed by atoms with Crippen LogP contribution in [0, 0.1) is 5.92 Å². The van der Waals surface area contributed by atoms with Crippen LogP contribution in [0.5, 0.6) is 0 Å². The van der Waals surface area contributed by atoms with Gasteiger partial charge in [-0.2, -0.15) is 0 Å². The minimum Gasteiger partial charge on any atom is -0.481 e. The summed E-state index contributed by atoms with van der Waals surface area (Å²) in [6, 6.07) is 5.84. The Morgan fingerprint density at radius 1 is 1.47 bits per heavy atom. The van der Waals surface area contributed by atoms with E-state index in [0.29, 0.717) is 11.4 Å². The van der Waals surface area contributed by atoms with Crippen LogP contribution in [-0.4, -0.2) is 15.6 Å². The van der Waals surface area contributed by atoms with Crippen molar-refractivity contribution in [2.45, 2.75) is 13.3 Å². The SMILES string of the molecule is CC(Cc1ccc2c(ccn2C)c1Cl)C(=O)O. The summed E-state index contributed by atoms with van der Waals surface area (Å²) in [6.07, 6.45) is 2.40. The van der Waals surface area contributed by atoms with Crippen molar-refractivity contribution in [1.29, 1.82) is 0 Å². The zero-order valence-electron chi connectivity index (χ0n) is 9.77. The lowest BCUT2D eigenvalue weighted by molar-refractivity contribution is -0.141. The molecule has 0 bridgehead atoms. The standard InChI is InChI=1S/C13H14ClNO2/c1-8(13(16)17)7-9-3-4-11-10(12(9)14)5-6-15(11)2/h3-6,8H,7H2,1-2H3,(H,16,17). The van der Waals surface area contributed by atoms with Gasteiger partial charge in [0.2, 0.25) is 0 Å². The highest BCUT2D eigenvalue weighted by Gasteiger charge is 2.15. The van der Waals surface area contributed by atoms with Crippen molar-refractivity contribution < 1.29 is 9.90 Å². The highest BCUT2D eigenvalue weighted by molar-refractivity contribution is 6.36. The number of aromatic nitrogens is 1. The number of halogens is 1. The van der Waals surface area contributed by atoms with Crippen LogP contribution < -0.4 is 0 Å². The monoisotopic (exact) mass is 251 g/mol. The van der Waals surface area contributed by atoms with E-state index < -0.39 is 11.9 Å². The summed E-state index contributed by atoms with van der Waals surface area (Å²) in [6.45, 7) is 1.69. The molecule has 1 aromatic carbocycles. The van der Waals surface area contributed by atoms with Gasteiger partial charge in [0.1, 0.15) is 0 Å². The van der Waals surface area contributed by atoms with E-state index in [1.807, 2.05) is 36.0 Å². The van der Waals surface area contributed by atoms with E-state index in [4.69, 9.17) is 16.7 Å². The molecule has 1 unspecified atom stereocenters. The molecule has 90 valence electrons. The second-order valence-electron chi connectivity index (χ2n) is 4.34. The van der Waals surface area contributed by atoms with Crippen LogP contribution in [0.2, 0.25) is 5.02 Å². The van der Waals surface area contributed by atoms with Crippen LogP contribution in [0.4, 0.5) is 0 Å². The van der Waals surface area contributed by atoms with Gasteiger partial charge in [-0.05, 0) is 24.1 Å². The normalized spacial score (nSPS) is 12.9. The number of carboxylic acids is 1. The van der Waals surface area contributed by atoms with Crippen molar-refractivity contribution >= 4 is 28.5 Å². The Morgan fingerprint density at radius 3 is 2.82 bits per heavy atom. The predicted octanol–water partition coefficient (Wildman–Crippen LogP) is 3.09. The van der Waals surface area contributed by atoms with E-state index >= 15 is 0 Å². The lowest BCUT2D eigenvalue weighted by Gasteiger charge is -2.09. The van der Waals surface area contributed by atoms with Crippen molar-refractivity contribution in [2.75, 3.05) is 0 Å². The molecule has 0 saturated carbocycles. The molecule has 1 atom stereocenters. The number of aliphatic carboxylic acids is 1. The van der Waals surface area contributed by atoms with Gasteiger partial charge >= 0.3 is 5.97 Å². The average molecular weight is 252 g/mol. The lowest BCUT2D eigenvalue weighted by Crippen LogP contribution is -2.12. The molecule has 2 rings (SSSR count). The van der Waals surface area contributed by atoms with E-state index in [9.17, 15) is 4.79 Å². The number of carboxylic acid groups (broad SMARTS) is 1. The van der Waals surface area contributed by atoms with Crippen molar-refractivity contribution in [3.63, 3.8) is 0 Å². The molecule has 0 aliphatic carbocycles. The molecule has 1 N–H and O–H groups in total. The third-order valence-corrected chi connectivity index (χ3v) is 3.48. The molecule has 0 amide bonds. The molecule has 0 saturated heterocycles. The lowest BCUT2D eigenvalue weighted by atomic mass is 10.00. The molecular weight excluding hydrogens is 238 g/mol. The van der Waals surface area contributed by atoms with Crippen molar-refractivity contribution in [3.8, 4) is 0 Å². The molecule has 0 radical (unpaired) electrons.